The van der Waals surface area contributed by atoms with Crippen molar-refractivity contribution in [2.75, 3.05) is 10.9 Å². The molecular weight excluding hydrogens is 312 g/mol. The summed E-state index contributed by atoms with van der Waals surface area (Å²) in [6.07, 6.45) is 0. The average molecular weight is 321 g/mol. The van der Waals surface area contributed by atoms with E-state index in [9.17, 15) is 20.2 Å². The van der Waals surface area contributed by atoms with Crippen LogP contribution in [0.4, 0.5) is 11.9 Å². The molecule has 0 saturated heterocycles. The van der Waals surface area contributed by atoms with Crippen LogP contribution in [0.5, 0.6) is 0 Å². The zero-order valence-electron chi connectivity index (χ0n) is 10.3. The Bertz CT molecular complexity index is 585. The summed E-state index contributed by atoms with van der Waals surface area (Å²) in [4.78, 5) is 28.1. The van der Waals surface area contributed by atoms with Crippen molar-refractivity contribution < 1.29 is 10.1 Å². The van der Waals surface area contributed by atoms with Crippen LogP contribution >= 0.6 is 12.4 Å². The molecule has 2 heterocycles. The number of anilines is 2. The van der Waals surface area contributed by atoms with Crippen molar-refractivity contribution >= 4 is 24.3 Å². The van der Waals surface area contributed by atoms with Gasteiger partial charge in [-0.3, -0.25) is 0 Å². The van der Waals surface area contributed by atoms with Crippen molar-refractivity contribution in [3.63, 3.8) is 0 Å². The second kappa shape index (κ2) is 6.42. The van der Waals surface area contributed by atoms with Gasteiger partial charge in [0.25, 0.3) is 11.9 Å². The van der Waals surface area contributed by atoms with Gasteiger partial charge in [-0.05, 0) is 6.92 Å². The minimum atomic E-state index is -0.791. The molecular formula is C6H9ClN10O4. The number of hydrogen-bond acceptors (Lipinski definition) is 8. The number of hydrazine groups is 2. The molecule has 0 fully saturated rings. The molecule has 0 unspecified atom stereocenters. The first-order valence-electron chi connectivity index (χ1n) is 5.12. The highest BCUT2D eigenvalue weighted by molar-refractivity contribution is 5.85. The minimum absolute atomic E-state index is 0. The maximum absolute atomic E-state index is 10.2. The Balaban J connectivity index is 0.00000220. The van der Waals surface area contributed by atoms with Gasteiger partial charge in [0.05, 0.1) is 5.92 Å². The molecule has 0 aliphatic heterocycles. The van der Waals surface area contributed by atoms with Crippen molar-refractivity contribution in [1.29, 1.82) is 0 Å². The number of halogens is 1. The van der Waals surface area contributed by atoms with Crippen LogP contribution in [0, 0.1) is 20.2 Å². The predicted octanol–water partition coefficient (Wildman–Crippen LogP) is -0.296. The van der Waals surface area contributed by atoms with Crippen LogP contribution in [0.15, 0.2) is 0 Å². The van der Waals surface area contributed by atoms with Crippen molar-refractivity contribution in [1.82, 2.24) is 30.4 Å². The van der Waals surface area contributed by atoms with Crippen LogP contribution in [0.2, 0.25) is 0 Å². The first-order valence-corrected chi connectivity index (χ1v) is 5.12. The lowest BCUT2D eigenvalue weighted by Crippen LogP contribution is -2.09. The fourth-order valence-electron chi connectivity index (χ4n) is 1.33. The topological polar surface area (TPSA) is 193 Å². The molecule has 0 aliphatic carbocycles. The Kier molecular flexibility index (Phi) is 4.90. The van der Waals surface area contributed by atoms with Crippen LogP contribution in [0.1, 0.15) is 24.5 Å². The molecule has 0 aromatic carbocycles. The largest absolute Gasteiger partial charge is 0.281 e. The highest BCUT2D eigenvalue weighted by atomic mass is 35.5. The molecule has 0 saturated carbocycles. The number of aromatic nitrogens is 6. The van der Waals surface area contributed by atoms with E-state index in [0.717, 1.165) is 0 Å². The van der Waals surface area contributed by atoms with E-state index in [1.807, 2.05) is 0 Å². The maximum atomic E-state index is 10.2. The number of H-pyrrole nitrogens is 2. The third-order valence-corrected chi connectivity index (χ3v) is 2.17. The smallest absolute Gasteiger partial charge is 0.241 e. The van der Waals surface area contributed by atoms with Crippen molar-refractivity contribution in [2.24, 2.45) is 0 Å². The molecule has 114 valence electrons. The number of hydrogen-bond donors (Lipinski definition) is 4. The summed E-state index contributed by atoms with van der Waals surface area (Å²) >= 11 is 0. The van der Waals surface area contributed by atoms with Gasteiger partial charge in [-0.15, -0.1) is 12.4 Å². The second-order valence-corrected chi connectivity index (χ2v) is 3.54. The SMILES string of the molecule is CC(c1n[nH]c(N[N+](=O)[O-])n1)c1n[nH]c(N[N+](=O)[O-])n1.Cl. The molecule has 0 spiro atoms. The van der Waals surface area contributed by atoms with Crippen molar-refractivity contribution in [3.05, 3.63) is 31.9 Å². The predicted molar refractivity (Wildman–Crippen MR) is 68.8 cm³/mol. The van der Waals surface area contributed by atoms with Gasteiger partial charge in [0.15, 0.2) is 21.7 Å². The summed E-state index contributed by atoms with van der Waals surface area (Å²) in [6, 6.07) is 0. The van der Waals surface area contributed by atoms with Crippen LogP contribution < -0.4 is 10.9 Å². The minimum Gasteiger partial charge on any atom is -0.241 e. The van der Waals surface area contributed by atoms with E-state index < -0.39 is 16.0 Å². The Morgan fingerprint density at radius 1 is 1.00 bits per heavy atom. The van der Waals surface area contributed by atoms with Gasteiger partial charge in [-0.1, -0.05) is 10.9 Å². The molecule has 2 aromatic rings. The number of rotatable bonds is 6. The summed E-state index contributed by atoms with van der Waals surface area (Å²) in [5, 5.41) is 31.1. The Labute approximate surface area is 121 Å². The summed E-state index contributed by atoms with van der Waals surface area (Å²) in [6.45, 7) is 1.64. The lowest BCUT2D eigenvalue weighted by molar-refractivity contribution is -0.446. The van der Waals surface area contributed by atoms with Gasteiger partial charge in [-0.2, -0.15) is 20.2 Å². The molecule has 4 N–H and O–H groups in total. The van der Waals surface area contributed by atoms with Gasteiger partial charge >= 0.3 is 0 Å². The molecule has 0 radical (unpaired) electrons. The average Bonchev–Trinajstić information content (AvgIpc) is 2.96. The van der Waals surface area contributed by atoms with Crippen LogP contribution in [-0.4, -0.2) is 40.4 Å². The summed E-state index contributed by atoms with van der Waals surface area (Å²) in [5.41, 5.74) is 3.61. The number of nitro groups is 2. The maximum Gasteiger partial charge on any atom is 0.281 e. The van der Waals surface area contributed by atoms with Crippen LogP contribution in [0.3, 0.4) is 0 Å². The number of nitrogens with one attached hydrogen (secondary N) is 4. The molecule has 2 aromatic heterocycles. The monoisotopic (exact) mass is 320 g/mol. The van der Waals surface area contributed by atoms with E-state index in [-0.39, 0.29) is 36.0 Å². The van der Waals surface area contributed by atoms with Gasteiger partial charge in [-0.25, -0.2) is 30.4 Å². The zero-order chi connectivity index (χ0) is 14.7. The molecule has 15 heteroatoms. The molecule has 21 heavy (non-hydrogen) atoms. The van der Waals surface area contributed by atoms with Gasteiger partial charge in [0.2, 0.25) is 0 Å². The van der Waals surface area contributed by atoms with Gasteiger partial charge in [0.1, 0.15) is 0 Å². The molecule has 0 atom stereocenters. The fourth-order valence-corrected chi connectivity index (χ4v) is 1.33. The first kappa shape index (κ1) is 16.0. The normalized spacial score (nSPS) is 10.0. The molecule has 0 aliphatic rings. The lowest BCUT2D eigenvalue weighted by atomic mass is 10.1. The number of nitrogens with zero attached hydrogens (tertiary/aromatic N) is 6. The summed E-state index contributed by atoms with van der Waals surface area (Å²) < 4.78 is 0. The standard InChI is InChI=1S/C6H8N10O4.ClH/c1-2(3-7-5(11-9-3)13-15(17)18)4-8-6(12-10-4)14-16(19)20;/h2H,1H3,(H2,7,9,11,13)(H2,8,10,12,14);1H. The summed E-state index contributed by atoms with van der Waals surface area (Å²) in [7, 11) is 0. The molecule has 0 amide bonds. The highest BCUT2D eigenvalue weighted by Gasteiger charge is 2.20. The Morgan fingerprint density at radius 3 is 1.71 bits per heavy atom. The fraction of sp³-hybridized carbons (Fsp3) is 0.333. The van der Waals surface area contributed by atoms with E-state index >= 15 is 0 Å². The van der Waals surface area contributed by atoms with Crippen LogP contribution in [0.25, 0.3) is 0 Å². The third kappa shape index (κ3) is 3.96. The second-order valence-electron chi connectivity index (χ2n) is 3.54. The van der Waals surface area contributed by atoms with E-state index in [4.69, 9.17) is 0 Å². The zero-order valence-corrected chi connectivity index (χ0v) is 11.1. The number of aromatic amines is 2. The highest BCUT2D eigenvalue weighted by Crippen LogP contribution is 2.18. The lowest BCUT2D eigenvalue weighted by Gasteiger charge is -1.99. The summed E-state index contributed by atoms with van der Waals surface area (Å²) in [5.74, 6) is -0.416. The Hall–Kier alpha value is -3.03. The van der Waals surface area contributed by atoms with E-state index in [0.29, 0.717) is 0 Å². The van der Waals surface area contributed by atoms with Gasteiger partial charge < -0.3 is 0 Å². The molecule has 14 nitrogen and oxygen atoms in total. The van der Waals surface area contributed by atoms with E-state index in [2.05, 4.69) is 30.4 Å². The third-order valence-electron chi connectivity index (χ3n) is 2.17. The molecule has 2 rings (SSSR count). The van der Waals surface area contributed by atoms with Crippen molar-refractivity contribution in [3.8, 4) is 0 Å². The first-order chi connectivity index (χ1) is 9.45. The van der Waals surface area contributed by atoms with Gasteiger partial charge in [0, 0.05) is 0 Å². The quantitative estimate of drug-likeness (QED) is 0.405. The molecule has 0 bridgehead atoms. The van der Waals surface area contributed by atoms with Crippen molar-refractivity contribution in [2.45, 2.75) is 12.8 Å². The van der Waals surface area contributed by atoms with E-state index in [1.165, 1.54) is 0 Å². The van der Waals surface area contributed by atoms with Crippen LogP contribution in [-0.2, 0) is 0 Å². The Morgan fingerprint density at radius 2 is 1.38 bits per heavy atom. The van der Waals surface area contributed by atoms with E-state index in [1.54, 1.807) is 17.8 Å².